The number of nitrogens with zero attached hydrogens (tertiary/aromatic N) is 2. The molecule has 1 spiro atoms. The van der Waals surface area contributed by atoms with Gasteiger partial charge < -0.3 is 14.8 Å². The Morgan fingerprint density at radius 2 is 2.00 bits per heavy atom. The Bertz CT molecular complexity index is 908. The molecule has 140 valence electrons. The van der Waals surface area contributed by atoms with Crippen LogP contribution in [0.15, 0.2) is 47.6 Å². The van der Waals surface area contributed by atoms with E-state index in [9.17, 15) is 0 Å². The summed E-state index contributed by atoms with van der Waals surface area (Å²) in [6, 6.07) is 14.2. The average molecular weight is 384 g/mol. The molecular formula is C21H22ClN3O2. The zero-order valence-corrected chi connectivity index (χ0v) is 16.0. The number of halogens is 1. The minimum atomic E-state index is -0.444. The van der Waals surface area contributed by atoms with Gasteiger partial charge in [-0.3, -0.25) is 0 Å². The van der Waals surface area contributed by atoms with Crippen LogP contribution in [-0.4, -0.2) is 36.6 Å². The van der Waals surface area contributed by atoms with E-state index in [4.69, 9.17) is 26.2 Å². The molecule has 0 unspecified atom stereocenters. The van der Waals surface area contributed by atoms with E-state index >= 15 is 0 Å². The lowest BCUT2D eigenvalue weighted by Crippen LogP contribution is -2.58. The first-order chi connectivity index (χ1) is 13.2. The molecule has 3 aliphatic rings. The predicted octanol–water partition coefficient (Wildman–Crippen LogP) is 3.97. The van der Waals surface area contributed by atoms with Gasteiger partial charge in [0.05, 0.1) is 18.9 Å². The SMILES string of the molecule is COc1cccc2c1OC1(CCNCC1)N1N=C(c3ccccc3Cl)C[C@H]21. The number of benzene rings is 2. The minimum Gasteiger partial charge on any atom is -0.493 e. The Morgan fingerprint density at radius 1 is 1.19 bits per heavy atom. The summed E-state index contributed by atoms with van der Waals surface area (Å²) in [4.78, 5) is 0. The highest BCUT2D eigenvalue weighted by Crippen LogP contribution is 2.52. The van der Waals surface area contributed by atoms with Crippen LogP contribution >= 0.6 is 11.6 Å². The minimum absolute atomic E-state index is 0.133. The van der Waals surface area contributed by atoms with Gasteiger partial charge >= 0.3 is 0 Å². The number of piperidine rings is 1. The van der Waals surface area contributed by atoms with E-state index in [0.29, 0.717) is 0 Å². The fourth-order valence-electron chi connectivity index (χ4n) is 4.44. The zero-order chi connectivity index (χ0) is 18.4. The van der Waals surface area contributed by atoms with E-state index in [2.05, 4.69) is 16.4 Å². The molecule has 0 amide bonds. The van der Waals surface area contributed by atoms with Gasteiger partial charge in [0.1, 0.15) is 0 Å². The maximum atomic E-state index is 6.63. The molecule has 3 aliphatic heterocycles. The number of hydrogen-bond donors (Lipinski definition) is 1. The molecule has 0 aromatic heterocycles. The molecule has 5 nitrogen and oxygen atoms in total. The summed E-state index contributed by atoms with van der Waals surface area (Å²) >= 11 is 6.47. The lowest BCUT2D eigenvalue weighted by molar-refractivity contribution is -0.137. The molecule has 2 aromatic carbocycles. The van der Waals surface area contributed by atoms with Gasteiger partial charge in [-0.15, -0.1) is 0 Å². The van der Waals surface area contributed by atoms with Crippen LogP contribution in [0.3, 0.4) is 0 Å². The summed E-state index contributed by atoms with van der Waals surface area (Å²) in [6.45, 7) is 1.81. The van der Waals surface area contributed by atoms with Crippen LogP contribution in [-0.2, 0) is 0 Å². The molecule has 2 aromatic rings. The summed E-state index contributed by atoms with van der Waals surface area (Å²) in [5, 5.41) is 11.4. The van der Waals surface area contributed by atoms with Crippen LogP contribution in [0.1, 0.15) is 36.4 Å². The molecule has 0 aliphatic carbocycles. The number of nitrogens with one attached hydrogen (secondary N) is 1. The van der Waals surface area contributed by atoms with E-state index in [0.717, 1.165) is 65.7 Å². The van der Waals surface area contributed by atoms with Crippen molar-refractivity contribution < 1.29 is 9.47 Å². The van der Waals surface area contributed by atoms with E-state index in [1.165, 1.54) is 0 Å². The third-order valence-corrected chi connectivity index (χ3v) is 6.11. The Kier molecular flexibility index (Phi) is 4.02. The van der Waals surface area contributed by atoms with Crippen molar-refractivity contribution >= 4 is 17.3 Å². The molecular weight excluding hydrogens is 362 g/mol. The number of methoxy groups -OCH3 is 1. The van der Waals surface area contributed by atoms with Crippen molar-refractivity contribution in [3.8, 4) is 11.5 Å². The number of fused-ring (bicyclic) bond motifs is 4. The van der Waals surface area contributed by atoms with E-state index in [1.807, 2.05) is 36.4 Å². The summed E-state index contributed by atoms with van der Waals surface area (Å²) in [7, 11) is 1.70. The summed E-state index contributed by atoms with van der Waals surface area (Å²) in [5.74, 6) is 1.65. The van der Waals surface area contributed by atoms with Crippen molar-refractivity contribution in [2.45, 2.75) is 31.0 Å². The highest BCUT2D eigenvalue weighted by molar-refractivity contribution is 6.34. The number of hydrogen-bond acceptors (Lipinski definition) is 5. The lowest BCUT2D eigenvalue weighted by atomic mass is 9.91. The average Bonchev–Trinajstić information content (AvgIpc) is 3.15. The summed E-state index contributed by atoms with van der Waals surface area (Å²) < 4.78 is 12.2. The molecule has 5 rings (SSSR count). The largest absolute Gasteiger partial charge is 0.493 e. The van der Waals surface area contributed by atoms with Gasteiger partial charge in [0, 0.05) is 48.5 Å². The second-order valence-corrected chi connectivity index (χ2v) is 7.68. The van der Waals surface area contributed by atoms with Gasteiger partial charge in [-0.2, -0.15) is 5.10 Å². The standard InChI is InChI=1S/C21H22ClN3O2/c1-26-19-8-4-6-15-18-13-17(14-5-2-3-7-16(14)22)24-25(18)21(27-20(15)19)9-11-23-12-10-21/h2-8,18,23H,9-13H2,1H3/t18-/m1/s1. The van der Waals surface area contributed by atoms with Crippen LogP contribution in [0, 0.1) is 0 Å². The smallest absolute Gasteiger partial charge is 0.200 e. The lowest BCUT2D eigenvalue weighted by Gasteiger charge is -2.49. The van der Waals surface area contributed by atoms with Gasteiger partial charge in [-0.25, -0.2) is 5.01 Å². The monoisotopic (exact) mass is 383 g/mol. The van der Waals surface area contributed by atoms with Crippen molar-refractivity contribution in [1.29, 1.82) is 0 Å². The van der Waals surface area contributed by atoms with Crippen molar-refractivity contribution in [3.63, 3.8) is 0 Å². The molecule has 1 N–H and O–H groups in total. The number of rotatable bonds is 2. The Hall–Kier alpha value is -2.24. The molecule has 6 heteroatoms. The summed E-state index contributed by atoms with van der Waals surface area (Å²) in [6.07, 6.45) is 2.56. The van der Waals surface area contributed by atoms with Crippen LogP contribution in [0.25, 0.3) is 0 Å². The fraction of sp³-hybridized carbons (Fsp3) is 0.381. The quantitative estimate of drug-likeness (QED) is 0.852. The number of hydrazone groups is 1. The third kappa shape index (κ3) is 2.60. The second-order valence-electron chi connectivity index (χ2n) is 7.27. The van der Waals surface area contributed by atoms with Crippen molar-refractivity contribution in [3.05, 3.63) is 58.6 Å². The maximum absolute atomic E-state index is 6.63. The van der Waals surface area contributed by atoms with Crippen molar-refractivity contribution in [2.75, 3.05) is 20.2 Å². The fourth-order valence-corrected chi connectivity index (χ4v) is 4.68. The first-order valence-electron chi connectivity index (χ1n) is 9.40. The molecule has 0 radical (unpaired) electrons. The number of para-hydroxylation sites is 1. The molecule has 0 saturated carbocycles. The molecule has 27 heavy (non-hydrogen) atoms. The van der Waals surface area contributed by atoms with Crippen LogP contribution in [0.2, 0.25) is 5.02 Å². The Labute approximate surface area is 163 Å². The Morgan fingerprint density at radius 3 is 2.78 bits per heavy atom. The first kappa shape index (κ1) is 16.9. The van der Waals surface area contributed by atoms with E-state index < -0.39 is 5.72 Å². The highest BCUT2D eigenvalue weighted by atomic mass is 35.5. The topological polar surface area (TPSA) is 46.1 Å². The van der Waals surface area contributed by atoms with E-state index in [-0.39, 0.29) is 6.04 Å². The van der Waals surface area contributed by atoms with E-state index in [1.54, 1.807) is 7.11 Å². The summed E-state index contributed by atoms with van der Waals surface area (Å²) in [5.41, 5.74) is 2.70. The normalized spacial score (nSPS) is 22.7. The van der Waals surface area contributed by atoms with Crippen LogP contribution < -0.4 is 14.8 Å². The zero-order valence-electron chi connectivity index (χ0n) is 15.2. The molecule has 3 heterocycles. The number of ether oxygens (including phenoxy) is 2. The van der Waals surface area contributed by atoms with Gasteiger partial charge in [-0.1, -0.05) is 41.9 Å². The van der Waals surface area contributed by atoms with Gasteiger partial charge in [0.25, 0.3) is 0 Å². The van der Waals surface area contributed by atoms with Crippen molar-refractivity contribution in [1.82, 2.24) is 10.3 Å². The van der Waals surface area contributed by atoms with Crippen LogP contribution in [0.5, 0.6) is 11.5 Å². The third-order valence-electron chi connectivity index (χ3n) is 5.78. The van der Waals surface area contributed by atoms with Gasteiger partial charge in [-0.05, 0) is 12.1 Å². The molecule has 1 fully saturated rings. The molecule has 1 saturated heterocycles. The molecule has 0 bridgehead atoms. The van der Waals surface area contributed by atoms with Crippen LogP contribution in [0.4, 0.5) is 0 Å². The van der Waals surface area contributed by atoms with Crippen molar-refractivity contribution in [2.24, 2.45) is 5.10 Å². The maximum Gasteiger partial charge on any atom is 0.200 e. The van der Waals surface area contributed by atoms with Gasteiger partial charge in [0.15, 0.2) is 11.5 Å². The second kappa shape index (κ2) is 6.43. The first-order valence-corrected chi connectivity index (χ1v) is 9.78. The molecule has 1 atom stereocenters. The predicted molar refractivity (Wildman–Crippen MR) is 106 cm³/mol. The highest BCUT2D eigenvalue weighted by Gasteiger charge is 2.51. The van der Waals surface area contributed by atoms with Gasteiger partial charge in [0.2, 0.25) is 5.72 Å². The Balaban J connectivity index is 1.63.